The van der Waals surface area contributed by atoms with Crippen molar-refractivity contribution in [2.24, 2.45) is 0 Å². The van der Waals surface area contributed by atoms with Gasteiger partial charge in [-0.2, -0.15) is 4.31 Å². The molecule has 2 rings (SSSR count). The number of aromatic nitrogens is 1. The summed E-state index contributed by atoms with van der Waals surface area (Å²) in [4.78, 5) is 6.71. The van der Waals surface area contributed by atoms with Gasteiger partial charge in [-0.25, -0.2) is 13.4 Å². The number of nitrogens with zero attached hydrogens (tertiary/aromatic N) is 3. The average molecular weight is 312 g/mol. The lowest BCUT2D eigenvalue weighted by molar-refractivity contribution is 0.135. The summed E-state index contributed by atoms with van der Waals surface area (Å²) in [6, 6.07) is 3.52. The van der Waals surface area contributed by atoms with Crippen LogP contribution in [0.5, 0.6) is 0 Å². The maximum atomic E-state index is 12.9. The predicted molar refractivity (Wildman–Crippen MR) is 83.9 cm³/mol. The molecular weight excluding hydrogens is 288 g/mol. The van der Waals surface area contributed by atoms with Crippen LogP contribution >= 0.6 is 0 Å². The molecule has 21 heavy (non-hydrogen) atoms. The minimum atomic E-state index is -3.50. The van der Waals surface area contributed by atoms with Crippen LogP contribution in [0.4, 0.5) is 5.82 Å². The Balaban J connectivity index is 2.27. The van der Waals surface area contributed by atoms with Crippen LogP contribution in [0, 0.1) is 0 Å². The standard InChI is InChI=1S/C14H24N4O2S/c1-4-15-14-13(7-6-8-16-14)21(19,20)18-10-9-17(5-2)12(3)11-18/h6-8,12H,4-5,9-11H2,1-3H3,(H,15,16). The van der Waals surface area contributed by atoms with Crippen LogP contribution < -0.4 is 5.32 Å². The molecule has 1 N–H and O–H groups in total. The van der Waals surface area contributed by atoms with Crippen molar-refractivity contribution in [1.29, 1.82) is 0 Å². The fraction of sp³-hybridized carbons (Fsp3) is 0.643. The molecular formula is C14H24N4O2S. The summed E-state index contributed by atoms with van der Waals surface area (Å²) in [5.74, 6) is 0.436. The summed E-state index contributed by atoms with van der Waals surface area (Å²) in [6.07, 6.45) is 1.61. The minimum Gasteiger partial charge on any atom is -0.369 e. The van der Waals surface area contributed by atoms with Crippen LogP contribution in [0.1, 0.15) is 20.8 Å². The molecule has 7 heteroatoms. The Morgan fingerprint density at radius 3 is 2.76 bits per heavy atom. The number of nitrogens with one attached hydrogen (secondary N) is 1. The van der Waals surface area contributed by atoms with Crippen molar-refractivity contribution in [2.45, 2.75) is 31.7 Å². The Morgan fingerprint density at radius 2 is 2.14 bits per heavy atom. The summed E-state index contributed by atoms with van der Waals surface area (Å²) >= 11 is 0. The third-order valence-electron chi connectivity index (χ3n) is 3.87. The van der Waals surface area contributed by atoms with Gasteiger partial charge < -0.3 is 5.32 Å². The first-order valence-corrected chi connectivity index (χ1v) is 8.87. The fourth-order valence-corrected chi connectivity index (χ4v) is 4.32. The molecule has 0 spiro atoms. The highest BCUT2D eigenvalue weighted by Gasteiger charge is 2.33. The van der Waals surface area contributed by atoms with E-state index < -0.39 is 10.0 Å². The largest absolute Gasteiger partial charge is 0.369 e. The molecule has 2 heterocycles. The van der Waals surface area contributed by atoms with Crippen LogP contribution in [-0.2, 0) is 10.0 Å². The number of hydrogen-bond donors (Lipinski definition) is 1. The number of likely N-dealkylation sites (N-methyl/N-ethyl adjacent to an activating group) is 1. The number of rotatable bonds is 5. The van der Waals surface area contributed by atoms with Gasteiger partial charge in [0.05, 0.1) is 0 Å². The smallest absolute Gasteiger partial charge is 0.246 e. The summed E-state index contributed by atoms with van der Waals surface area (Å²) in [5.41, 5.74) is 0. The zero-order valence-electron chi connectivity index (χ0n) is 12.9. The zero-order valence-corrected chi connectivity index (χ0v) is 13.7. The highest BCUT2D eigenvalue weighted by molar-refractivity contribution is 7.89. The first-order valence-electron chi connectivity index (χ1n) is 7.43. The van der Waals surface area contributed by atoms with Gasteiger partial charge in [-0.05, 0) is 32.5 Å². The maximum Gasteiger partial charge on any atom is 0.246 e. The Labute approximate surface area is 127 Å². The molecule has 1 aliphatic heterocycles. The van der Waals surface area contributed by atoms with Crippen LogP contribution in [0.25, 0.3) is 0 Å². The van der Waals surface area contributed by atoms with Crippen LogP contribution in [-0.4, -0.2) is 61.4 Å². The number of piperazine rings is 1. The molecule has 0 saturated carbocycles. The lowest BCUT2D eigenvalue weighted by atomic mass is 10.2. The minimum absolute atomic E-state index is 0.234. The van der Waals surface area contributed by atoms with E-state index in [0.717, 1.165) is 13.1 Å². The Kier molecular flexibility index (Phi) is 5.18. The second kappa shape index (κ2) is 6.72. The Bertz CT molecular complexity index is 576. The van der Waals surface area contributed by atoms with E-state index in [-0.39, 0.29) is 10.9 Å². The Morgan fingerprint density at radius 1 is 1.38 bits per heavy atom. The second-order valence-corrected chi connectivity index (χ2v) is 7.13. The molecule has 1 fully saturated rings. The van der Waals surface area contributed by atoms with E-state index in [1.807, 2.05) is 6.92 Å². The molecule has 1 aromatic rings. The molecule has 6 nitrogen and oxygen atoms in total. The van der Waals surface area contributed by atoms with Crippen molar-refractivity contribution in [2.75, 3.05) is 38.0 Å². The first kappa shape index (κ1) is 16.2. The van der Waals surface area contributed by atoms with Crippen molar-refractivity contribution >= 4 is 15.8 Å². The zero-order chi connectivity index (χ0) is 15.5. The molecule has 1 aromatic heterocycles. The van der Waals surface area contributed by atoms with Gasteiger partial charge in [0.2, 0.25) is 10.0 Å². The van der Waals surface area contributed by atoms with Gasteiger partial charge in [0, 0.05) is 38.4 Å². The normalized spacial score (nSPS) is 21.4. The molecule has 1 unspecified atom stereocenters. The van der Waals surface area contributed by atoms with Crippen molar-refractivity contribution in [3.05, 3.63) is 18.3 Å². The number of pyridine rings is 1. The molecule has 0 aromatic carbocycles. The monoisotopic (exact) mass is 312 g/mol. The summed E-state index contributed by atoms with van der Waals surface area (Å²) in [6.45, 7) is 9.51. The average Bonchev–Trinajstić information content (AvgIpc) is 2.48. The fourth-order valence-electron chi connectivity index (χ4n) is 2.69. The molecule has 118 valence electrons. The van der Waals surface area contributed by atoms with E-state index >= 15 is 0 Å². The summed E-state index contributed by atoms with van der Waals surface area (Å²) in [5, 5.41) is 3.03. The highest BCUT2D eigenvalue weighted by atomic mass is 32.2. The van der Waals surface area contributed by atoms with Crippen molar-refractivity contribution < 1.29 is 8.42 Å². The van der Waals surface area contributed by atoms with Gasteiger partial charge in [-0.1, -0.05) is 6.92 Å². The molecule has 0 radical (unpaired) electrons. The van der Waals surface area contributed by atoms with E-state index in [2.05, 4.69) is 29.0 Å². The first-order chi connectivity index (χ1) is 10.0. The van der Waals surface area contributed by atoms with Gasteiger partial charge in [-0.15, -0.1) is 0 Å². The summed E-state index contributed by atoms with van der Waals surface area (Å²) < 4.78 is 27.3. The van der Waals surface area contributed by atoms with Crippen LogP contribution in [0.2, 0.25) is 0 Å². The maximum absolute atomic E-state index is 12.9. The van der Waals surface area contributed by atoms with E-state index in [1.54, 1.807) is 22.6 Å². The lowest BCUT2D eigenvalue weighted by Crippen LogP contribution is -2.53. The number of anilines is 1. The third kappa shape index (κ3) is 3.36. The Hall–Kier alpha value is -1.18. The SMILES string of the molecule is CCNc1ncccc1S(=O)(=O)N1CCN(CC)C(C)C1. The van der Waals surface area contributed by atoms with Gasteiger partial charge >= 0.3 is 0 Å². The molecule has 0 aliphatic carbocycles. The third-order valence-corrected chi connectivity index (χ3v) is 5.76. The topological polar surface area (TPSA) is 65.5 Å². The van der Waals surface area contributed by atoms with Gasteiger partial charge in [0.15, 0.2) is 0 Å². The van der Waals surface area contributed by atoms with Gasteiger partial charge in [0.25, 0.3) is 0 Å². The second-order valence-electron chi connectivity index (χ2n) is 5.22. The van der Waals surface area contributed by atoms with Crippen molar-refractivity contribution in [1.82, 2.24) is 14.2 Å². The van der Waals surface area contributed by atoms with Crippen molar-refractivity contribution in [3.63, 3.8) is 0 Å². The number of hydrogen-bond acceptors (Lipinski definition) is 5. The quantitative estimate of drug-likeness (QED) is 0.886. The molecule has 0 bridgehead atoms. The summed E-state index contributed by atoms with van der Waals surface area (Å²) in [7, 11) is -3.50. The van der Waals surface area contributed by atoms with Gasteiger partial charge in [0.1, 0.15) is 10.7 Å². The van der Waals surface area contributed by atoms with E-state index in [1.165, 1.54) is 0 Å². The molecule has 1 atom stereocenters. The lowest BCUT2D eigenvalue weighted by Gasteiger charge is -2.38. The van der Waals surface area contributed by atoms with Gasteiger partial charge in [-0.3, -0.25) is 4.90 Å². The molecule has 1 aliphatic rings. The van der Waals surface area contributed by atoms with E-state index in [0.29, 0.717) is 25.5 Å². The van der Waals surface area contributed by atoms with E-state index in [4.69, 9.17) is 0 Å². The van der Waals surface area contributed by atoms with E-state index in [9.17, 15) is 8.42 Å². The molecule has 1 saturated heterocycles. The van der Waals surface area contributed by atoms with Crippen LogP contribution in [0.3, 0.4) is 0 Å². The predicted octanol–water partition coefficient (Wildman–Crippen LogP) is 1.23. The molecule has 0 amide bonds. The highest BCUT2D eigenvalue weighted by Crippen LogP contribution is 2.24. The van der Waals surface area contributed by atoms with Crippen molar-refractivity contribution in [3.8, 4) is 0 Å². The van der Waals surface area contributed by atoms with Crippen LogP contribution in [0.15, 0.2) is 23.2 Å². The number of sulfonamides is 1.